The highest BCUT2D eigenvalue weighted by atomic mass is 16.5. The first-order valence-electron chi connectivity index (χ1n) is 10.2. The first kappa shape index (κ1) is 21.5. The van der Waals surface area contributed by atoms with Gasteiger partial charge in [0.25, 0.3) is 0 Å². The standard InChI is InChI=1S/C22H30N2O5/c1-15(16-5-3-2-4-6-16)23-21(26)13-18-7-8-19(20(14-25)29-18)24-22(27)17-9-11-28-12-10-17/h2-8,15,17-20,25H,9-14H2,1H3,(H,23,26)(H,24,27)/t15-,18-,19+,20+/m1/s1. The molecule has 1 aromatic carbocycles. The van der Waals surface area contributed by atoms with E-state index in [9.17, 15) is 14.7 Å². The van der Waals surface area contributed by atoms with E-state index in [1.807, 2.05) is 43.3 Å². The van der Waals surface area contributed by atoms with Crippen molar-refractivity contribution in [2.75, 3.05) is 19.8 Å². The van der Waals surface area contributed by atoms with E-state index < -0.39 is 18.2 Å². The Morgan fingerprint density at radius 1 is 1.17 bits per heavy atom. The number of aliphatic hydroxyl groups is 1. The van der Waals surface area contributed by atoms with Crippen LogP contribution in [0.25, 0.3) is 0 Å². The molecular weight excluding hydrogens is 372 g/mol. The van der Waals surface area contributed by atoms with E-state index in [-0.39, 0.29) is 36.8 Å². The second-order valence-electron chi connectivity index (χ2n) is 7.61. The molecule has 0 radical (unpaired) electrons. The SMILES string of the molecule is C[C@@H](NC(=O)C[C@H]1C=C[C@H](NC(=O)C2CCOCC2)[C@H](CO)O1)c1ccccc1. The van der Waals surface area contributed by atoms with E-state index in [0.29, 0.717) is 26.1 Å². The Kier molecular flexibility index (Phi) is 7.80. The molecule has 0 aliphatic carbocycles. The van der Waals surface area contributed by atoms with Crippen LogP contribution in [0, 0.1) is 5.92 Å². The molecule has 0 spiro atoms. The van der Waals surface area contributed by atoms with Crippen molar-refractivity contribution < 1.29 is 24.2 Å². The number of aliphatic hydroxyl groups excluding tert-OH is 1. The summed E-state index contributed by atoms with van der Waals surface area (Å²) >= 11 is 0. The zero-order valence-electron chi connectivity index (χ0n) is 16.8. The Labute approximate surface area is 171 Å². The molecule has 7 heteroatoms. The van der Waals surface area contributed by atoms with Gasteiger partial charge in [-0.05, 0) is 25.3 Å². The largest absolute Gasteiger partial charge is 0.394 e. The minimum absolute atomic E-state index is 0.0436. The number of nitrogens with one attached hydrogen (secondary N) is 2. The lowest BCUT2D eigenvalue weighted by molar-refractivity contribution is -0.132. The maximum Gasteiger partial charge on any atom is 0.223 e. The smallest absolute Gasteiger partial charge is 0.223 e. The van der Waals surface area contributed by atoms with Crippen LogP contribution in [-0.2, 0) is 19.1 Å². The first-order valence-corrected chi connectivity index (χ1v) is 10.2. The Hall–Kier alpha value is -2.22. The summed E-state index contributed by atoms with van der Waals surface area (Å²) in [4.78, 5) is 24.8. The lowest BCUT2D eigenvalue weighted by Gasteiger charge is -2.33. The van der Waals surface area contributed by atoms with Gasteiger partial charge in [-0.2, -0.15) is 0 Å². The van der Waals surface area contributed by atoms with Gasteiger partial charge in [-0.1, -0.05) is 42.5 Å². The van der Waals surface area contributed by atoms with Crippen LogP contribution in [0.5, 0.6) is 0 Å². The average Bonchev–Trinajstić information content (AvgIpc) is 2.75. The number of carbonyl (C=O) groups is 2. The van der Waals surface area contributed by atoms with E-state index in [1.165, 1.54) is 0 Å². The fourth-order valence-corrected chi connectivity index (χ4v) is 3.69. The predicted octanol–water partition coefficient (Wildman–Crippen LogP) is 1.48. The van der Waals surface area contributed by atoms with Gasteiger partial charge in [0.05, 0.1) is 31.2 Å². The highest BCUT2D eigenvalue weighted by Crippen LogP contribution is 2.19. The molecule has 1 saturated heterocycles. The van der Waals surface area contributed by atoms with Crippen molar-refractivity contribution in [1.29, 1.82) is 0 Å². The maximum absolute atomic E-state index is 12.4. The van der Waals surface area contributed by atoms with Gasteiger partial charge in [-0.25, -0.2) is 0 Å². The molecule has 2 amide bonds. The third-order valence-corrected chi connectivity index (χ3v) is 5.43. The molecule has 1 fully saturated rings. The summed E-state index contributed by atoms with van der Waals surface area (Å²) in [6, 6.07) is 9.24. The van der Waals surface area contributed by atoms with Crippen molar-refractivity contribution in [3.63, 3.8) is 0 Å². The molecule has 2 aliphatic rings. The van der Waals surface area contributed by atoms with Crippen molar-refractivity contribution in [1.82, 2.24) is 10.6 Å². The van der Waals surface area contributed by atoms with Crippen LogP contribution < -0.4 is 10.6 Å². The highest BCUT2D eigenvalue weighted by Gasteiger charge is 2.31. The summed E-state index contributed by atoms with van der Waals surface area (Å²) in [6.45, 7) is 2.89. The Balaban J connectivity index is 1.51. The van der Waals surface area contributed by atoms with Crippen LogP contribution >= 0.6 is 0 Å². The van der Waals surface area contributed by atoms with Crippen LogP contribution in [0.3, 0.4) is 0 Å². The van der Waals surface area contributed by atoms with Gasteiger partial charge in [0, 0.05) is 19.1 Å². The molecule has 0 unspecified atom stereocenters. The van der Waals surface area contributed by atoms with E-state index in [1.54, 1.807) is 6.08 Å². The fourth-order valence-electron chi connectivity index (χ4n) is 3.69. The summed E-state index contributed by atoms with van der Waals surface area (Å²) in [5.74, 6) is -0.241. The van der Waals surface area contributed by atoms with Gasteiger partial charge in [-0.15, -0.1) is 0 Å². The molecule has 3 rings (SSSR count). The zero-order valence-corrected chi connectivity index (χ0v) is 16.8. The number of ether oxygens (including phenoxy) is 2. The number of amides is 2. The van der Waals surface area contributed by atoms with Crippen molar-refractivity contribution in [2.45, 2.75) is 50.5 Å². The Morgan fingerprint density at radius 2 is 1.90 bits per heavy atom. The molecule has 2 aliphatic heterocycles. The molecule has 1 aromatic rings. The van der Waals surface area contributed by atoms with E-state index in [0.717, 1.165) is 5.56 Å². The molecule has 29 heavy (non-hydrogen) atoms. The monoisotopic (exact) mass is 402 g/mol. The Morgan fingerprint density at radius 3 is 2.59 bits per heavy atom. The second-order valence-corrected chi connectivity index (χ2v) is 7.61. The lowest BCUT2D eigenvalue weighted by atomic mass is 9.97. The summed E-state index contributed by atoms with van der Waals surface area (Å²) < 4.78 is 11.1. The topological polar surface area (TPSA) is 96.9 Å². The quantitative estimate of drug-likeness (QED) is 0.601. The third kappa shape index (κ3) is 6.13. The van der Waals surface area contributed by atoms with Gasteiger partial charge in [-0.3, -0.25) is 9.59 Å². The third-order valence-electron chi connectivity index (χ3n) is 5.43. The molecule has 158 valence electrons. The lowest BCUT2D eigenvalue weighted by Crippen LogP contribution is -2.51. The van der Waals surface area contributed by atoms with Crippen LogP contribution in [-0.4, -0.2) is 55.0 Å². The molecule has 7 nitrogen and oxygen atoms in total. The fraction of sp³-hybridized carbons (Fsp3) is 0.545. The highest BCUT2D eigenvalue weighted by molar-refractivity contribution is 5.79. The molecule has 0 saturated carbocycles. The number of carbonyl (C=O) groups excluding carboxylic acids is 2. The zero-order chi connectivity index (χ0) is 20.6. The number of hydrogen-bond acceptors (Lipinski definition) is 5. The molecule has 3 N–H and O–H groups in total. The van der Waals surface area contributed by atoms with Crippen LogP contribution in [0.1, 0.15) is 37.8 Å². The predicted molar refractivity (Wildman–Crippen MR) is 108 cm³/mol. The summed E-state index contributed by atoms with van der Waals surface area (Å²) in [7, 11) is 0. The van der Waals surface area contributed by atoms with Gasteiger partial charge >= 0.3 is 0 Å². The summed E-state index contributed by atoms with van der Waals surface area (Å²) in [6.07, 6.45) is 4.16. The van der Waals surface area contributed by atoms with Gasteiger partial charge in [0.1, 0.15) is 6.10 Å². The summed E-state index contributed by atoms with van der Waals surface area (Å²) in [5.41, 5.74) is 1.03. The van der Waals surface area contributed by atoms with Gasteiger partial charge < -0.3 is 25.2 Å². The van der Waals surface area contributed by atoms with Crippen molar-refractivity contribution in [3.8, 4) is 0 Å². The first-order chi connectivity index (χ1) is 14.1. The average molecular weight is 402 g/mol. The van der Waals surface area contributed by atoms with Crippen molar-refractivity contribution >= 4 is 11.8 Å². The van der Waals surface area contributed by atoms with E-state index in [2.05, 4.69) is 10.6 Å². The van der Waals surface area contributed by atoms with Gasteiger partial charge in [0.2, 0.25) is 11.8 Å². The minimum Gasteiger partial charge on any atom is -0.394 e. The van der Waals surface area contributed by atoms with Crippen LogP contribution in [0.2, 0.25) is 0 Å². The summed E-state index contributed by atoms with van der Waals surface area (Å²) in [5, 5.41) is 15.6. The Bertz CT molecular complexity index is 702. The van der Waals surface area contributed by atoms with E-state index >= 15 is 0 Å². The number of benzene rings is 1. The minimum atomic E-state index is -0.576. The normalized spacial score (nSPS) is 25.9. The maximum atomic E-state index is 12.4. The number of hydrogen-bond donors (Lipinski definition) is 3. The molecular formula is C22H30N2O5. The molecule has 4 atom stereocenters. The van der Waals surface area contributed by atoms with Crippen LogP contribution in [0.4, 0.5) is 0 Å². The number of rotatable bonds is 7. The molecule has 2 heterocycles. The molecule has 0 bridgehead atoms. The van der Waals surface area contributed by atoms with Gasteiger partial charge in [0.15, 0.2) is 0 Å². The van der Waals surface area contributed by atoms with Crippen LogP contribution in [0.15, 0.2) is 42.5 Å². The molecule has 0 aromatic heterocycles. The van der Waals surface area contributed by atoms with Crippen molar-refractivity contribution in [3.05, 3.63) is 48.0 Å². The second kappa shape index (κ2) is 10.5. The van der Waals surface area contributed by atoms with E-state index in [4.69, 9.17) is 9.47 Å². The van der Waals surface area contributed by atoms with Crippen molar-refractivity contribution in [2.24, 2.45) is 5.92 Å².